The maximum absolute atomic E-state index is 11.8. The van der Waals surface area contributed by atoms with Crippen LogP contribution in [0.4, 0.5) is 10.5 Å². The zero-order chi connectivity index (χ0) is 16.9. The van der Waals surface area contributed by atoms with Crippen LogP contribution in [-0.4, -0.2) is 27.2 Å². The fourth-order valence-corrected chi connectivity index (χ4v) is 2.12. The Morgan fingerprint density at radius 2 is 1.92 bits per heavy atom. The normalized spacial score (nSPS) is 10.6. The minimum atomic E-state index is -0.257. The number of hydrogen-bond acceptors (Lipinski definition) is 5. The molecule has 122 valence electrons. The summed E-state index contributed by atoms with van der Waals surface area (Å²) in [5.41, 5.74) is 2.21. The van der Waals surface area contributed by atoms with E-state index in [2.05, 4.69) is 25.8 Å². The summed E-state index contributed by atoms with van der Waals surface area (Å²) in [4.78, 5) is 20.1. The van der Waals surface area contributed by atoms with Gasteiger partial charge in [0, 0.05) is 35.2 Å². The zero-order valence-electron chi connectivity index (χ0n) is 13.4. The molecule has 0 saturated heterocycles. The van der Waals surface area contributed by atoms with E-state index in [-0.39, 0.29) is 12.1 Å². The van der Waals surface area contributed by atoms with Gasteiger partial charge in [-0.25, -0.2) is 4.79 Å². The Labute approximate surface area is 139 Å². The number of carbonyl (C=O) groups excluding carboxylic acids is 1. The molecule has 0 bridgehead atoms. The fourth-order valence-electron chi connectivity index (χ4n) is 2.12. The fraction of sp³-hybridized carbons (Fsp3) is 0.176. The van der Waals surface area contributed by atoms with Crippen LogP contribution in [0.2, 0.25) is 0 Å². The Balaban J connectivity index is 1.79. The molecule has 2 heterocycles. The summed E-state index contributed by atoms with van der Waals surface area (Å²) in [7, 11) is 0. The van der Waals surface area contributed by atoms with Crippen molar-refractivity contribution >= 4 is 11.7 Å². The lowest BCUT2D eigenvalue weighted by molar-refractivity contribution is 0.250. The van der Waals surface area contributed by atoms with Crippen LogP contribution in [0.25, 0.3) is 22.8 Å². The second-order valence-electron chi connectivity index (χ2n) is 5.49. The van der Waals surface area contributed by atoms with Gasteiger partial charge in [-0.1, -0.05) is 17.3 Å². The first-order valence-corrected chi connectivity index (χ1v) is 7.54. The number of hydrogen-bond donors (Lipinski definition) is 2. The van der Waals surface area contributed by atoms with Crippen LogP contribution in [0.5, 0.6) is 0 Å². The predicted octanol–water partition coefficient (Wildman–Crippen LogP) is 3.33. The summed E-state index contributed by atoms with van der Waals surface area (Å²) < 4.78 is 5.29. The molecule has 2 aromatic heterocycles. The van der Waals surface area contributed by atoms with Crippen LogP contribution in [0.3, 0.4) is 0 Å². The van der Waals surface area contributed by atoms with Crippen LogP contribution in [0.15, 0.2) is 53.3 Å². The molecule has 0 spiro atoms. The number of amides is 2. The van der Waals surface area contributed by atoms with Crippen LogP contribution in [-0.2, 0) is 0 Å². The van der Waals surface area contributed by atoms with Crippen LogP contribution in [0, 0.1) is 0 Å². The van der Waals surface area contributed by atoms with Crippen LogP contribution >= 0.6 is 0 Å². The molecule has 0 aliphatic carbocycles. The molecule has 3 rings (SSSR count). The summed E-state index contributed by atoms with van der Waals surface area (Å²) >= 11 is 0. The first kappa shape index (κ1) is 15.7. The second-order valence-corrected chi connectivity index (χ2v) is 5.49. The third kappa shape index (κ3) is 3.75. The number of rotatable bonds is 4. The van der Waals surface area contributed by atoms with Crippen molar-refractivity contribution in [1.82, 2.24) is 20.4 Å². The molecule has 0 aliphatic rings. The second kappa shape index (κ2) is 6.91. The molecule has 1 aromatic carbocycles. The van der Waals surface area contributed by atoms with E-state index in [1.54, 1.807) is 36.7 Å². The Morgan fingerprint density at radius 3 is 2.67 bits per heavy atom. The lowest BCUT2D eigenvalue weighted by Crippen LogP contribution is -2.34. The van der Waals surface area contributed by atoms with E-state index in [1.807, 2.05) is 26.0 Å². The van der Waals surface area contributed by atoms with Crippen molar-refractivity contribution in [2.45, 2.75) is 19.9 Å². The average Bonchev–Trinajstić information content (AvgIpc) is 3.05. The summed E-state index contributed by atoms with van der Waals surface area (Å²) in [5.74, 6) is 0.873. The smallest absolute Gasteiger partial charge is 0.319 e. The highest BCUT2D eigenvalue weighted by Crippen LogP contribution is 2.23. The molecule has 0 atom stereocenters. The number of pyridine rings is 1. The number of nitrogens with zero attached hydrogens (tertiary/aromatic N) is 3. The first-order valence-electron chi connectivity index (χ1n) is 7.54. The average molecular weight is 323 g/mol. The number of carbonyl (C=O) groups is 1. The van der Waals surface area contributed by atoms with Gasteiger partial charge in [-0.3, -0.25) is 4.98 Å². The van der Waals surface area contributed by atoms with Gasteiger partial charge in [0.2, 0.25) is 5.82 Å². The van der Waals surface area contributed by atoms with Gasteiger partial charge in [-0.2, -0.15) is 4.98 Å². The van der Waals surface area contributed by atoms with E-state index in [0.717, 1.165) is 11.1 Å². The van der Waals surface area contributed by atoms with Crippen molar-refractivity contribution in [3.63, 3.8) is 0 Å². The number of aromatic nitrogens is 3. The van der Waals surface area contributed by atoms with Crippen LogP contribution < -0.4 is 10.6 Å². The molecule has 0 aliphatic heterocycles. The molecule has 0 fully saturated rings. The highest BCUT2D eigenvalue weighted by atomic mass is 16.5. The van der Waals surface area contributed by atoms with Gasteiger partial charge < -0.3 is 15.2 Å². The summed E-state index contributed by atoms with van der Waals surface area (Å²) in [6.07, 6.45) is 3.33. The number of benzene rings is 1. The van der Waals surface area contributed by atoms with Crippen molar-refractivity contribution in [2.75, 3.05) is 5.32 Å². The summed E-state index contributed by atoms with van der Waals surface area (Å²) in [6, 6.07) is 10.7. The predicted molar refractivity (Wildman–Crippen MR) is 90.3 cm³/mol. The number of anilines is 1. The van der Waals surface area contributed by atoms with Crippen molar-refractivity contribution in [2.24, 2.45) is 0 Å². The number of urea groups is 1. The van der Waals surface area contributed by atoms with E-state index >= 15 is 0 Å². The standard InChI is InChI=1S/C17H17N5O2/c1-11(2)19-17(23)20-14-5-3-4-13(10-14)15-21-16(24-22-15)12-6-8-18-9-7-12/h3-11H,1-2H3,(H2,19,20,23). The van der Waals surface area contributed by atoms with Crippen molar-refractivity contribution in [1.29, 1.82) is 0 Å². The lowest BCUT2D eigenvalue weighted by atomic mass is 10.2. The molecule has 2 N–H and O–H groups in total. The van der Waals surface area contributed by atoms with Gasteiger partial charge in [-0.15, -0.1) is 0 Å². The van der Waals surface area contributed by atoms with Gasteiger partial charge in [0.25, 0.3) is 5.89 Å². The molecule has 7 heteroatoms. The topological polar surface area (TPSA) is 92.9 Å². The van der Waals surface area contributed by atoms with Crippen molar-refractivity contribution in [3.8, 4) is 22.8 Å². The first-order chi connectivity index (χ1) is 11.6. The highest BCUT2D eigenvalue weighted by Gasteiger charge is 2.11. The number of nitrogens with one attached hydrogen (secondary N) is 2. The molecule has 0 unspecified atom stereocenters. The SMILES string of the molecule is CC(C)NC(=O)Nc1cccc(-c2noc(-c3ccncc3)n2)c1. The van der Waals surface area contributed by atoms with Gasteiger partial charge in [0.1, 0.15) is 0 Å². The van der Waals surface area contributed by atoms with E-state index in [0.29, 0.717) is 17.4 Å². The quantitative estimate of drug-likeness (QED) is 0.768. The molecular formula is C17H17N5O2. The lowest BCUT2D eigenvalue weighted by Gasteiger charge is -2.10. The van der Waals surface area contributed by atoms with Gasteiger partial charge >= 0.3 is 6.03 Å². The Hall–Kier alpha value is -3.22. The maximum atomic E-state index is 11.8. The largest absolute Gasteiger partial charge is 0.336 e. The Kier molecular flexibility index (Phi) is 4.51. The van der Waals surface area contributed by atoms with E-state index in [1.165, 1.54) is 0 Å². The van der Waals surface area contributed by atoms with Gasteiger partial charge in [-0.05, 0) is 38.1 Å². The third-order valence-electron chi connectivity index (χ3n) is 3.15. The molecule has 7 nitrogen and oxygen atoms in total. The van der Waals surface area contributed by atoms with Gasteiger partial charge in [0.05, 0.1) is 0 Å². The summed E-state index contributed by atoms with van der Waals surface area (Å²) in [6.45, 7) is 3.80. The Morgan fingerprint density at radius 1 is 1.12 bits per heavy atom. The zero-order valence-corrected chi connectivity index (χ0v) is 13.4. The molecule has 0 radical (unpaired) electrons. The van der Waals surface area contributed by atoms with E-state index in [9.17, 15) is 4.79 Å². The van der Waals surface area contributed by atoms with Crippen molar-refractivity contribution < 1.29 is 9.32 Å². The molecule has 24 heavy (non-hydrogen) atoms. The molecule has 3 aromatic rings. The minimum Gasteiger partial charge on any atom is -0.336 e. The highest BCUT2D eigenvalue weighted by molar-refractivity contribution is 5.90. The minimum absolute atomic E-state index is 0.0633. The van der Waals surface area contributed by atoms with Crippen LogP contribution in [0.1, 0.15) is 13.8 Å². The molecule has 2 amide bonds. The third-order valence-corrected chi connectivity index (χ3v) is 3.15. The van der Waals surface area contributed by atoms with E-state index in [4.69, 9.17) is 4.52 Å². The van der Waals surface area contributed by atoms with Crippen molar-refractivity contribution in [3.05, 3.63) is 48.8 Å². The summed E-state index contributed by atoms with van der Waals surface area (Å²) in [5, 5.41) is 9.54. The molecule has 0 saturated carbocycles. The monoisotopic (exact) mass is 323 g/mol. The Bertz CT molecular complexity index is 830. The van der Waals surface area contributed by atoms with E-state index < -0.39 is 0 Å². The maximum Gasteiger partial charge on any atom is 0.319 e. The van der Waals surface area contributed by atoms with Gasteiger partial charge in [0.15, 0.2) is 0 Å². The molecular weight excluding hydrogens is 306 g/mol.